The molecule has 7 heteroatoms. The minimum Gasteiger partial charge on any atom is -0.480 e. The number of carbonyl (C=O) groups is 1. The molecule has 0 aliphatic rings. The van der Waals surface area contributed by atoms with Crippen molar-refractivity contribution in [1.82, 2.24) is 15.4 Å². The molecule has 28 heavy (non-hydrogen) atoms. The molecule has 0 aliphatic heterocycles. The molecule has 0 radical (unpaired) electrons. The zero-order valence-corrected chi connectivity index (χ0v) is 16.2. The van der Waals surface area contributed by atoms with Gasteiger partial charge in [-0.3, -0.25) is 10.0 Å². The number of para-hydroxylation sites is 1. The highest BCUT2D eigenvalue weighted by Crippen LogP contribution is 2.31. The van der Waals surface area contributed by atoms with Crippen LogP contribution in [-0.2, 0) is 4.79 Å². The summed E-state index contributed by atoms with van der Waals surface area (Å²) in [4.78, 5) is 22.9. The fourth-order valence-corrected chi connectivity index (χ4v) is 3.06. The number of amides is 1. The number of rotatable bonds is 7. The van der Waals surface area contributed by atoms with Crippen LogP contribution in [0, 0.1) is 6.92 Å². The Kier molecular flexibility index (Phi) is 6.06. The van der Waals surface area contributed by atoms with Gasteiger partial charge in [-0.2, -0.15) is 0 Å². The van der Waals surface area contributed by atoms with Gasteiger partial charge in [0.1, 0.15) is 17.4 Å². The molecule has 3 rings (SSSR count). The van der Waals surface area contributed by atoms with E-state index < -0.39 is 12.0 Å². The number of ether oxygens (including phenoxy) is 1. The minimum atomic E-state index is -0.752. The second kappa shape index (κ2) is 8.67. The van der Waals surface area contributed by atoms with Crippen molar-refractivity contribution < 1.29 is 14.7 Å². The Balaban J connectivity index is 1.93. The number of hydroxylamine groups is 1. The monoisotopic (exact) mass is 380 g/mol. The minimum absolute atomic E-state index is 0.502. The number of aryl methyl sites for hydroxylation is 1. The van der Waals surface area contributed by atoms with Crippen molar-refractivity contribution >= 4 is 28.3 Å². The Morgan fingerprint density at radius 3 is 2.75 bits per heavy atom. The van der Waals surface area contributed by atoms with Gasteiger partial charge >= 0.3 is 0 Å². The predicted octanol–water partition coefficient (Wildman–Crippen LogP) is 3.76. The first-order chi connectivity index (χ1) is 13.5. The van der Waals surface area contributed by atoms with Crippen molar-refractivity contribution in [3.05, 3.63) is 54.4 Å². The summed E-state index contributed by atoms with van der Waals surface area (Å²) in [7, 11) is 1.93. The van der Waals surface area contributed by atoms with Gasteiger partial charge in [0, 0.05) is 24.2 Å². The van der Waals surface area contributed by atoms with E-state index in [1.807, 2.05) is 68.3 Å². The molecule has 0 spiro atoms. The first kappa shape index (κ1) is 19.6. The van der Waals surface area contributed by atoms with Crippen molar-refractivity contribution in [3.8, 4) is 5.75 Å². The maximum Gasteiger partial charge on any atom is 0.284 e. The van der Waals surface area contributed by atoms with Crippen LogP contribution >= 0.6 is 0 Å². The van der Waals surface area contributed by atoms with Gasteiger partial charge in [0.15, 0.2) is 6.10 Å². The predicted molar refractivity (Wildman–Crippen MR) is 108 cm³/mol. The molecular formula is C21H24N4O3. The van der Waals surface area contributed by atoms with Gasteiger partial charge in [-0.05, 0) is 37.6 Å². The highest BCUT2D eigenvalue weighted by molar-refractivity contribution is 5.91. The van der Waals surface area contributed by atoms with Crippen LogP contribution in [0.15, 0.2) is 48.5 Å². The summed E-state index contributed by atoms with van der Waals surface area (Å²) in [5.41, 5.74) is 3.41. The second-order valence-corrected chi connectivity index (χ2v) is 6.54. The van der Waals surface area contributed by atoms with Crippen LogP contribution in [0.3, 0.4) is 0 Å². The highest BCUT2D eigenvalue weighted by Gasteiger charge is 2.19. The van der Waals surface area contributed by atoms with E-state index in [2.05, 4.69) is 9.97 Å². The van der Waals surface area contributed by atoms with Gasteiger partial charge in [0.25, 0.3) is 5.91 Å². The Morgan fingerprint density at radius 2 is 2.00 bits per heavy atom. The van der Waals surface area contributed by atoms with Gasteiger partial charge in [0.2, 0.25) is 0 Å². The number of hydrogen-bond donors (Lipinski definition) is 2. The number of nitrogens with one attached hydrogen (secondary N) is 1. The summed E-state index contributed by atoms with van der Waals surface area (Å²) in [6.45, 7) is 3.82. The molecule has 1 amide bonds. The van der Waals surface area contributed by atoms with Crippen LogP contribution in [0.5, 0.6) is 5.75 Å². The molecule has 2 aromatic carbocycles. The van der Waals surface area contributed by atoms with Gasteiger partial charge in [0.05, 0.1) is 5.52 Å². The maximum atomic E-state index is 11.8. The van der Waals surface area contributed by atoms with E-state index in [4.69, 9.17) is 9.94 Å². The highest BCUT2D eigenvalue weighted by atomic mass is 16.5. The third-order valence-electron chi connectivity index (χ3n) is 4.45. The molecule has 0 bridgehead atoms. The third kappa shape index (κ3) is 4.20. The summed E-state index contributed by atoms with van der Waals surface area (Å²) < 4.78 is 5.81. The molecule has 1 unspecified atom stereocenters. The number of anilines is 2. The Hall–Kier alpha value is -3.19. The fourth-order valence-electron chi connectivity index (χ4n) is 3.06. The first-order valence-electron chi connectivity index (χ1n) is 9.21. The van der Waals surface area contributed by atoms with Crippen LogP contribution in [0.25, 0.3) is 10.9 Å². The smallest absolute Gasteiger partial charge is 0.284 e. The molecule has 1 aromatic heterocycles. The molecule has 0 fully saturated rings. The van der Waals surface area contributed by atoms with Gasteiger partial charge in [-0.25, -0.2) is 15.4 Å². The number of aromatic nitrogens is 2. The average molecular weight is 380 g/mol. The summed E-state index contributed by atoms with van der Waals surface area (Å²) in [5, 5.41) is 9.88. The van der Waals surface area contributed by atoms with E-state index >= 15 is 0 Å². The molecular weight excluding hydrogens is 356 g/mol. The fraction of sp³-hybridized carbons (Fsp3) is 0.286. The van der Waals surface area contributed by atoms with E-state index in [-0.39, 0.29) is 0 Å². The van der Waals surface area contributed by atoms with E-state index in [0.717, 1.165) is 28.8 Å². The SMILES string of the molecule is CCCC(Oc1cccc(N(C)c2nc(C)nc3ccccc23)c1)C(=O)NO. The van der Waals surface area contributed by atoms with Gasteiger partial charge in [-0.15, -0.1) is 0 Å². The number of hydrogen-bond acceptors (Lipinski definition) is 6. The van der Waals surface area contributed by atoms with Gasteiger partial charge < -0.3 is 9.64 Å². The lowest BCUT2D eigenvalue weighted by Gasteiger charge is -2.22. The molecule has 1 heterocycles. The summed E-state index contributed by atoms with van der Waals surface area (Å²) >= 11 is 0. The molecule has 7 nitrogen and oxygen atoms in total. The molecule has 146 valence electrons. The average Bonchev–Trinajstić information content (AvgIpc) is 2.72. The Bertz CT molecular complexity index is 977. The third-order valence-corrected chi connectivity index (χ3v) is 4.45. The van der Waals surface area contributed by atoms with Crippen LogP contribution in [-0.4, -0.2) is 34.2 Å². The zero-order valence-electron chi connectivity index (χ0n) is 16.2. The molecule has 0 aliphatic carbocycles. The Labute approximate surface area is 163 Å². The molecule has 0 saturated heterocycles. The molecule has 2 N–H and O–H groups in total. The lowest BCUT2D eigenvalue weighted by atomic mass is 10.2. The molecule has 1 atom stereocenters. The van der Waals surface area contributed by atoms with Crippen molar-refractivity contribution in [2.75, 3.05) is 11.9 Å². The molecule has 0 saturated carbocycles. The van der Waals surface area contributed by atoms with Crippen LogP contribution in [0.4, 0.5) is 11.5 Å². The lowest BCUT2D eigenvalue weighted by molar-refractivity contribution is -0.136. The number of fused-ring (bicyclic) bond motifs is 1. The van der Waals surface area contributed by atoms with E-state index in [1.165, 1.54) is 0 Å². The molecule has 3 aromatic rings. The van der Waals surface area contributed by atoms with E-state index in [1.54, 1.807) is 11.5 Å². The van der Waals surface area contributed by atoms with Gasteiger partial charge in [-0.1, -0.05) is 31.5 Å². The Morgan fingerprint density at radius 1 is 1.21 bits per heavy atom. The van der Waals surface area contributed by atoms with Crippen LogP contribution < -0.4 is 15.1 Å². The topological polar surface area (TPSA) is 87.6 Å². The number of nitrogens with zero attached hydrogens (tertiary/aromatic N) is 3. The number of benzene rings is 2. The maximum absolute atomic E-state index is 11.8. The lowest BCUT2D eigenvalue weighted by Crippen LogP contribution is -2.36. The summed E-state index contributed by atoms with van der Waals surface area (Å²) in [6, 6.07) is 15.3. The van der Waals surface area contributed by atoms with Crippen molar-refractivity contribution in [2.45, 2.75) is 32.8 Å². The van der Waals surface area contributed by atoms with Crippen LogP contribution in [0.2, 0.25) is 0 Å². The largest absolute Gasteiger partial charge is 0.480 e. The van der Waals surface area contributed by atoms with Crippen molar-refractivity contribution in [2.24, 2.45) is 0 Å². The first-order valence-corrected chi connectivity index (χ1v) is 9.21. The standard InChI is InChI=1S/C21H24N4O3/c1-4-8-19(21(26)24-27)28-16-10-7-9-15(13-16)25(3)20-17-11-5-6-12-18(17)22-14(2)23-20/h5-7,9-13,19,27H,4,8H2,1-3H3,(H,24,26). The summed E-state index contributed by atoms with van der Waals surface area (Å²) in [5.74, 6) is 1.47. The quantitative estimate of drug-likeness (QED) is 0.479. The summed E-state index contributed by atoms with van der Waals surface area (Å²) in [6.07, 6.45) is 0.504. The van der Waals surface area contributed by atoms with E-state index in [0.29, 0.717) is 18.0 Å². The van der Waals surface area contributed by atoms with Crippen molar-refractivity contribution in [3.63, 3.8) is 0 Å². The van der Waals surface area contributed by atoms with Crippen molar-refractivity contribution in [1.29, 1.82) is 0 Å². The zero-order chi connectivity index (χ0) is 20.1. The van der Waals surface area contributed by atoms with E-state index in [9.17, 15) is 4.79 Å². The van der Waals surface area contributed by atoms with Crippen LogP contribution in [0.1, 0.15) is 25.6 Å². The second-order valence-electron chi connectivity index (χ2n) is 6.54. The number of carbonyl (C=O) groups excluding carboxylic acids is 1. The normalized spacial score (nSPS) is 11.9.